The number of nitrogens with zero attached hydrogens (tertiary/aromatic N) is 3. The number of hydrogen-bond donors (Lipinski definition) is 1. The van der Waals surface area contributed by atoms with Crippen molar-refractivity contribution in [2.75, 3.05) is 5.73 Å². The first-order valence-electron chi connectivity index (χ1n) is 5.19. The van der Waals surface area contributed by atoms with Gasteiger partial charge in [0.2, 0.25) is 5.95 Å². The molecule has 1 aromatic heterocycles. The smallest absolute Gasteiger partial charge is 0.322 e. The number of rotatable bonds is 3. The average Bonchev–Trinajstić information content (AvgIpc) is 2.30. The third-order valence-corrected chi connectivity index (χ3v) is 3.49. The lowest BCUT2D eigenvalue weighted by Gasteiger charge is -2.05. The SMILES string of the molecule is Cc1nc(N)nc(Sc2ccc(Cl)cc2)c1[N+](=O)[O-]. The molecular weight excluding hydrogens is 288 g/mol. The Bertz CT molecular complexity index is 633. The largest absolute Gasteiger partial charge is 0.368 e. The van der Waals surface area contributed by atoms with E-state index in [0.29, 0.717) is 5.02 Å². The molecule has 0 saturated carbocycles. The van der Waals surface area contributed by atoms with Gasteiger partial charge in [0.1, 0.15) is 5.69 Å². The van der Waals surface area contributed by atoms with E-state index < -0.39 is 4.92 Å². The fourth-order valence-electron chi connectivity index (χ4n) is 1.46. The summed E-state index contributed by atoms with van der Waals surface area (Å²) in [5.74, 6) is 0.0135. The van der Waals surface area contributed by atoms with Crippen molar-refractivity contribution in [3.05, 3.63) is 45.1 Å². The second kappa shape index (κ2) is 5.41. The van der Waals surface area contributed by atoms with E-state index in [0.717, 1.165) is 16.7 Å². The minimum absolute atomic E-state index is 0.0135. The van der Waals surface area contributed by atoms with E-state index in [1.165, 1.54) is 6.92 Å². The Balaban J connectivity index is 2.44. The van der Waals surface area contributed by atoms with Crippen LogP contribution in [0.3, 0.4) is 0 Å². The zero-order chi connectivity index (χ0) is 14.0. The average molecular weight is 297 g/mol. The molecule has 6 nitrogen and oxygen atoms in total. The van der Waals surface area contributed by atoms with Crippen molar-refractivity contribution in [2.45, 2.75) is 16.8 Å². The van der Waals surface area contributed by atoms with Crippen LogP contribution < -0.4 is 5.73 Å². The fourth-order valence-corrected chi connectivity index (χ4v) is 2.54. The maximum absolute atomic E-state index is 11.0. The number of aryl methyl sites for hydroxylation is 1. The first-order chi connectivity index (χ1) is 8.97. The van der Waals surface area contributed by atoms with E-state index in [4.69, 9.17) is 17.3 Å². The molecule has 0 aliphatic carbocycles. The van der Waals surface area contributed by atoms with Crippen LogP contribution in [0.15, 0.2) is 34.2 Å². The van der Waals surface area contributed by atoms with Crippen LogP contribution in [-0.2, 0) is 0 Å². The minimum atomic E-state index is -0.507. The van der Waals surface area contributed by atoms with Crippen LogP contribution in [-0.4, -0.2) is 14.9 Å². The lowest BCUT2D eigenvalue weighted by atomic mass is 10.4. The molecule has 0 fully saturated rings. The van der Waals surface area contributed by atoms with Gasteiger partial charge in [-0.3, -0.25) is 10.1 Å². The molecule has 0 bridgehead atoms. The molecule has 1 aromatic carbocycles. The molecule has 8 heteroatoms. The number of anilines is 1. The first kappa shape index (κ1) is 13.6. The Morgan fingerprint density at radius 2 is 1.95 bits per heavy atom. The number of nitrogen functional groups attached to an aromatic ring is 1. The highest BCUT2D eigenvalue weighted by atomic mass is 35.5. The van der Waals surface area contributed by atoms with E-state index >= 15 is 0 Å². The van der Waals surface area contributed by atoms with Gasteiger partial charge in [0.15, 0.2) is 5.03 Å². The number of halogens is 1. The van der Waals surface area contributed by atoms with E-state index in [9.17, 15) is 10.1 Å². The summed E-state index contributed by atoms with van der Waals surface area (Å²) < 4.78 is 0. The van der Waals surface area contributed by atoms with Crippen LogP contribution in [0.1, 0.15) is 5.69 Å². The number of benzene rings is 1. The Morgan fingerprint density at radius 1 is 1.32 bits per heavy atom. The molecule has 2 rings (SSSR count). The normalized spacial score (nSPS) is 10.4. The summed E-state index contributed by atoms with van der Waals surface area (Å²) in [5, 5.41) is 11.9. The number of aromatic nitrogens is 2. The molecule has 0 aliphatic rings. The summed E-state index contributed by atoms with van der Waals surface area (Å²) in [6, 6.07) is 6.91. The topological polar surface area (TPSA) is 94.9 Å². The van der Waals surface area contributed by atoms with Crippen LogP contribution in [0.4, 0.5) is 11.6 Å². The molecule has 0 spiro atoms. The summed E-state index contributed by atoms with van der Waals surface area (Å²) in [6.45, 7) is 1.53. The van der Waals surface area contributed by atoms with Gasteiger partial charge in [-0.25, -0.2) is 4.98 Å². The lowest BCUT2D eigenvalue weighted by molar-refractivity contribution is -0.389. The van der Waals surface area contributed by atoms with E-state index in [1.807, 2.05) is 0 Å². The van der Waals surface area contributed by atoms with Crippen LogP contribution in [0.2, 0.25) is 5.02 Å². The van der Waals surface area contributed by atoms with Gasteiger partial charge in [0, 0.05) is 9.92 Å². The Hall–Kier alpha value is -1.86. The molecule has 0 aliphatic heterocycles. The van der Waals surface area contributed by atoms with Crippen LogP contribution >= 0.6 is 23.4 Å². The van der Waals surface area contributed by atoms with Gasteiger partial charge in [-0.15, -0.1) is 0 Å². The summed E-state index contributed by atoms with van der Waals surface area (Å²) in [5.41, 5.74) is 5.64. The van der Waals surface area contributed by atoms with E-state index in [1.54, 1.807) is 24.3 Å². The number of nitrogens with two attached hydrogens (primary N) is 1. The fraction of sp³-hybridized carbons (Fsp3) is 0.0909. The van der Waals surface area contributed by atoms with Crippen molar-refractivity contribution in [1.82, 2.24) is 9.97 Å². The highest BCUT2D eigenvalue weighted by Crippen LogP contribution is 2.35. The maximum atomic E-state index is 11.0. The molecule has 19 heavy (non-hydrogen) atoms. The third-order valence-electron chi connectivity index (χ3n) is 2.25. The van der Waals surface area contributed by atoms with E-state index in [-0.39, 0.29) is 22.4 Å². The molecule has 0 saturated heterocycles. The molecule has 0 radical (unpaired) electrons. The van der Waals surface area contributed by atoms with Crippen molar-refractivity contribution in [3.8, 4) is 0 Å². The van der Waals surface area contributed by atoms with Crippen molar-refractivity contribution in [2.24, 2.45) is 0 Å². The summed E-state index contributed by atoms with van der Waals surface area (Å²) in [4.78, 5) is 19.1. The quantitative estimate of drug-likeness (QED) is 0.531. The Labute approximate surface area is 118 Å². The highest BCUT2D eigenvalue weighted by Gasteiger charge is 2.22. The van der Waals surface area contributed by atoms with Gasteiger partial charge in [0.25, 0.3) is 0 Å². The van der Waals surface area contributed by atoms with E-state index in [2.05, 4.69) is 9.97 Å². The maximum Gasteiger partial charge on any atom is 0.322 e. The lowest BCUT2D eigenvalue weighted by Crippen LogP contribution is -2.03. The molecule has 98 valence electrons. The molecule has 2 aromatic rings. The first-order valence-corrected chi connectivity index (χ1v) is 6.38. The van der Waals surface area contributed by atoms with Gasteiger partial charge in [-0.05, 0) is 31.2 Å². The highest BCUT2D eigenvalue weighted by molar-refractivity contribution is 7.99. The second-order valence-electron chi connectivity index (χ2n) is 3.63. The zero-order valence-corrected chi connectivity index (χ0v) is 11.4. The second-order valence-corrected chi connectivity index (χ2v) is 5.13. The summed E-state index contributed by atoms with van der Waals surface area (Å²) in [7, 11) is 0. The van der Waals surface area contributed by atoms with Gasteiger partial charge in [-0.2, -0.15) is 4.98 Å². The Kier molecular flexibility index (Phi) is 3.87. The van der Waals surface area contributed by atoms with Gasteiger partial charge in [-0.1, -0.05) is 23.4 Å². The molecular formula is C11H9ClN4O2S. The Morgan fingerprint density at radius 3 is 2.53 bits per heavy atom. The third kappa shape index (κ3) is 3.12. The van der Waals surface area contributed by atoms with Gasteiger partial charge in [0.05, 0.1) is 4.92 Å². The van der Waals surface area contributed by atoms with Gasteiger partial charge < -0.3 is 5.73 Å². The minimum Gasteiger partial charge on any atom is -0.368 e. The van der Waals surface area contributed by atoms with Crippen molar-refractivity contribution in [1.29, 1.82) is 0 Å². The molecule has 0 amide bonds. The van der Waals surface area contributed by atoms with Crippen LogP contribution in [0.5, 0.6) is 0 Å². The van der Waals surface area contributed by atoms with Crippen molar-refractivity contribution < 1.29 is 4.92 Å². The predicted octanol–water partition coefficient (Wildman–Crippen LogP) is 3.08. The van der Waals surface area contributed by atoms with Crippen molar-refractivity contribution >= 4 is 35.0 Å². The van der Waals surface area contributed by atoms with Crippen molar-refractivity contribution in [3.63, 3.8) is 0 Å². The summed E-state index contributed by atoms with van der Waals surface area (Å²) >= 11 is 6.93. The zero-order valence-electron chi connectivity index (χ0n) is 9.83. The van der Waals surface area contributed by atoms with Gasteiger partial charge >= 0.3 is 5.69 Å². The molecule has 1 heterocycles. The molecule has 0 unspecified atom stereocenters. The standard InChI is InChI=1S/C11H9ClN4O2S/c1-6-9(16(17)18)10(15-11(13)14-6)19-8-4-2-7(12)3-5-8/h2-5H,1H3,(H2,13,14,15). The number of hydrogen-bond acceptors (Lipinski definition) is 6. The summed E-state index contributed by atoms with van der Waals surface area (Å²) in [6.07, 6.45) is 0. The van der Waals surface area contributed by atoms with Crippen LogP contribution in [0.25, 0.3) is 0 Å². The molecule has 2 N–H and O–H groups in total. The van der Waals surface area contributed by atoms with Crippen LogP contribution in [0, 0.1) is 17.0 Å². The predicted molar refractivity (Wildman–Crippen MR) is 73.4 cm³/mol. The molecule has 0 atom stereocenters. The number of nitro groups is 1. The monoisotopic (exact) mass is 296 g/mol.